The number of ether oxygens (including phenoxy) is 5. The van der Waals surface area contributed by atoms with Crippen LogP contribution in [0.2, 0.25) is 0 Å². The van der Waals surface area contributed by atoms with Gasteiger partial charge in [-0.1, -0.05) is 6.07 Å². The van der Waals surface area contributed by atoms with Gasteiger partial charge in [-0.25, -0.2) is 5.48 Å². The third kappa shape index (κ3) is 9.06. The van der Waals surface area contributed by atoms with Crippen LogP contribution in [0.25, 0.3) is 0 Å². The predicted molar refractivity (Wildman–Crippen MR) is 137 cm³/mol. The highest BCUT2D eigenvalue weighted by Gasteiger charge is 2.51. The molecular formula is C26H44N2O12. The number of nitrogens with one attached hydrogen (secondary N) is 1. The van der Waals surface area contributed by atoms with E-state index >= 15 is 0 Å². The number of rotatable bonds is 13. The Balaban J connectivity index is 1.47. The molecule has 14 heteroatoms. The average molecular weight is 577 g/mol. The van der Waals surface area contributed by atoms with Crippen molar-refractivity contribution in [3.05, 3.63) is 29.6 Å². The van der Waals surface area contributed by atoms with E-state index < -0.39 is 80.2 Å². The van der Waals surface area contributed by atoms with E-state index in [-0.39, 0.29) is 6.61 Å². The molecular weight excluding hydrogens is 532 g/mol. The molecule has 3 heterocycles. The lowest BCUT2D eigenvalue weighted by Gasteiger charge is -2.47. The van der Waals surface area contributed by atoms with Gasteiger partial charge in [-0.3, -0.25) is 9.82 Å². The number of pyridine rings is 1. The Hall–Kier alpha value is -1.37. The summed E-state index contributed by atoms with van der Waals surface area (Å²) in [6, 6.07) is 1.96. The smallest absolute Gasteiger partial charge is 0.187 e. The number of hydroxylamine groups is 1. The molecule has 40 heavy (non-hydrogen) atoms. The van der Waals surface area contributed by atoms with Crippen LogP contribution in [0.3, 0.4) is 0 Å². The van der Waals surface area contributed by atoms with Crippen LogP contribution in [0, 0.1) is 6.92 Å². The molecule has 2 fully saturated rings. The molecule has 0 aromatic carbocycles. The first kappa shape index (κ1) is 33.1. The summed E-state index contributed by atoms with van der Waals surface area (Å²) in [5.74, 6) is 0. The average Bonchev–Trinajstić information content (AvgIpc) is 2.90. The van der Waals surface area contributed by atoms with Crippen LogP contribution in [0.15, 0.2) is 18.5 Å². The summed E-state index contributed by atoms with van der Waals surface area (Å²) in [5.41, 5.74) is 4.07. The van der Waals surface area contributed by atoms with E-state index in [4.69, 9.17) is 28.5 Å². The summed E-state index contributed by atoms with van der Waals surface area (Å²) in [5, 5.41) is 62.3. The Labute approximate surface area is 233 Å². The van der Waals surface area contributed by atoms with Crippen LogP contribution < -0.4 is 5.48 Å². The van der Waals surface area contributed by atoms with Gasteiger partial charge in [0.05, 0.1) is 32.0 Å². The highest BCUT2D eigenvalue weighted by molar-refractivity contribution is 5.15. The minimum absolute atomic E-state index is 0.143. The molecule has 0 aliphatic carbocycles. The fourth-order valence-corrected chi connectivity index (χ4v) is 4.48. The number of aromatic nitrogens is 1. The maximum atomic E-state index is 10.8. The van der Waals surface area contributed by atoms with Crippen LogP contribution in [0.5, 0.6) is 0 Å². The van der Waals surface area contributed by atoms with Crippen molar-refractivity contribution in [1.29, 1.82) is 0 Å². The molecule has 2 aliphatic rings. The first-order chi connectivity index (χ1) is 18.9. The molecule has 0 bridgehead atoms. The zero-order valence-electron chi connectivity index (χ0n) is 23.3. The molecule has 2 saturated heterocycles. The third-order valence-corrected chi connectivity index (χ3v) is 6.40. The van der Waals surface area contributed by atoms with Crippen molar-refractivity contribution in [2.75, 3.05) is 26.4 Å². The third-order valence-electron chi connectivity index (χ3n) is 6.40. The van der Waals surface area contributed by atoms with Gasteiger partial charge in [-0.15, -0.1) is 0 Å². The molecule has 0 spiro atoms. The van der Waals surface area contributed by atoms with E-state index in [1.165, 1.54) is 0 Å². The van der Waals surface area contributed by atoms with Crippen LogP contribution in [-0.2, 0) is 35.1 Å². The van der Waals surface area contributed by atoms with Gasteiger partial charge in [0.15, 0.2) is 12.6 Å². The molecule has 7 N–H and O–H groups in total. The zero-order chi connectivity index (χ0) is 29.4. The molecule has 0 saturated carbocycles. The second-order valence-electron chi connectivity index (χ2n) is 11.0. The Morgan fingerprint density at radius 3 is 2.17 bits per heavy atom. The molecule has 14 nitrogen and oxygen atoms in total. The second-order valence-corrected chi connectivity index (χ2v) is 11.0. The number of aryl methyl sites for hydroxylation is 1. The minimum atomic E-state index is -1.62. The Morgan fingerprint density at radius 2 is 1.52 bits per heavy atom. The van der Waals surface area contributed by atoms with Crippen molar-refractivity contribution in [1.82, 2.24) is 10.5 Å². The normalized spacial score (nSPS) is 35.1. The van der Waals surface area contributed by atoms with Gasteiger partial charge in [0.1, 0.15) is 48.8 Å². The van der Waals surface area contributed by atoms with Crippen LogP contribution in [0.4, 0.5) is 0 Å². The first-order valence-corrected chi connectivity index (χ1v) is 13.4. The summed E-state index contributed by atoms with van der Waals surface area (Å²) in [6.07, 6.45) is -9.69. The molecule has 10 atom stereocenters. The van der Waals surface area contributed by atoms with E-state index in [0.717, 1.165) is 11.1 Å². The topological polar surface area (TPSA) is 202 Å². The number of aliphatic hydroxyl groups is 6. The monoisotopic (exact) mass is 576 g/mol. The lowest BCUT2D eigenvalue weighted by molar-refractivity contribution is -0.364. The van der Waals surface area contributed by atoms with Gasteiger partial charge in [0.2, 0.25) is 0 Å². The van der Waals surface area contributed by atoms with Crippen molar-refractivity contribution in [2.45, 2.75) is 108 Å². The van der Waals surface area contributed by atoms with Crippen molar-refractivity contribution in [3.8, 4) is 0 Å². The van der Waals surface area contributed by atoms with Crippen LogP contribution >= 0.6 is 0 Å². The highest BCUT2D eigenvalue weighted by atomic mass is 16.7. The second kappa shape index (κ2) is 15.2. The maximum absolute atomic E-state index is 10.8. The first-order valence-electron chi connectivity index (χ1n) is 13.4. The van der Waals surface area contributed by atoms with Crippen molar-refractivity contribution in [2.24, 2.45) is 0 Å². The van der Waals surface area contributed by atoms with Crippen molar-refractivity contribution in [3.63, 3.8) is 0 Å². The number of aliphatic hydroxyl groups excluding tert-OH is 6. The Kier molecular flexibility index (Phi) is 12.6. The number of hydrogen-bond acceptors (Lipinski definition) is 14. The SMILES string of the molecule is Cc1cncc(CONCCCO[C@H]2OC(CO)[C@@H](O[C@H]3OC(CO)[C@@H](OC(C)(C)C)[C@@H](O)C3O)[C@@H](O)C2O)c1. The van der Waals surface area contributed by atoms with E-state index in [0.29, 0.717) is 19.6 Å². The van der Waals surface area contributed by atoms with Crippen molar-refractivity contribution < 1.29 is 59.2 Å². The lowest BCUT2D eigenvalue weighted by Crippen LogP contribution is -2.65. The summed E-state index contributed by atoms with van der Waals surface area (Å²) >= 11 is 0. The van der Waals surface area contributed by atoms with Gasteiger partial charge in [0.25, 0.3) is 0 Å². The van der Waals surface area contributed by atoms with Crippen LogP contribution in [0.1, 0.15) is 38.3 Å². The Morgan fingerprint density at radius 1 is 0.900 bits per heavy atom. The molecule has 0 radical (unpaired) electrons. The number of hydrogen-bond donors (Lipinski definition) is 7. The largest absolute Gasteiger partial charge is 0.394 e. The van der Waals surface area contributed by atoms with Gasteiger partial charge < -0.3 is 54.3 Å². The maximum Gasteiger partial charge on any atom is 0.187 e. The van der Waals surface area contributed by atoms with E-state index in [1.54, 1.807) is 33.2 Å². The van der Waals surface area contributed by atoms with Gasteiger partial charge in [-0.2, -0.15) is 0 Å². The summed E-state index contributed by atoms with van der Waals surface area (Å²) in [6.45, 7) is 6.96. The molecule has 4 unspecified atom stereocenters. The zero-order valence-corrected chi connectivity index (χ0v) is 23.3. The fourth-order valence-electron chi connectivity index (χ4n) is 4.48. The Bertz CT molecular complexity index is 885. The quantitative estimate of drug-likeness (QED) is 0.103. The molecule has 2 aliphatic heterocycles. The highest BCUT2D eigenvalue weighted by Crippen LogP contribution is 2.31. The van der Waals surface area contributed by atoms with E-state index in [9.17, 15) is 30.6 Å². The van der Waals surface area contributed by atoms with Gasteiger partial charge >= 0.3 is 0 Å². The van der Waals surface area contributed by atoms with Crippen molar-refractivity contribution >= 4 is 0 Å². The number of nitrogens with zero attached hydrogens (tertiary/aromatic N) is 1. The van der Waals surface area contributed by atoms with E-state index in [2.05, 4.69) is 10.5 Å². The summed E-state index contributed by atoms with van der Waals surface area (Å²) in [7, 11) is 0. The molecule has 3 rings (SSSR count). The van der Waals surface area contributed by atoms with E-state index in [1.807, 2.05) is 13.0 Å². The van der Waals surface area contributed by atoms with Gasteiger partial charge in [-0.05, 0) is 45.2 Å². The standard InChI is InChI=1S/C26H44N2O12/c1-14-8-15(10-27-9-14)13-36-28-6-5-7-35-24-20(33)18(31)22(16(11-29)37-24)39-25-21(34)19(32)23(17(12-30)38-25)40-26(2,3)4/h8-10,16-25,28-34H,5-7,11-13H2,1-4H3/t16?,17?,18-,19-,20?,21?,22+,23+,24-,25+/m0/s1. The summed E-state index contributed by atoms with van der Waals surface area (Å²) < 4.78 is 28.3. The summed E-state index contributed by atoms with van der Waals surface area (Å²) in [4.78, 5) is 9.50. The van der Waals surface area contributed by atoms with Gasteiger partial charge in [0, 0.05) is 18.9 Å². The fraction of sp³-hybridized carbons (Fsp3) is 0.808. The minimum Gasteiger partial charge on any atom is -0.394 e. The predicted octanol–water partition coefficient (Wildman–Crippen LogP) is -1.74. The van der Waals surface area contributed by atoms with Crippen LogP contribution in [-0.4, -0.2) is 129 Å². The molecule has 230 valence electrons. The molecule has 1 aromatic rings. The lowest BCUT2D eigenvalue weighted by atomic mass is 9.96. The molecule has 1 aromatic heterocycles. The molecule has 0 amide bonds.